The van der Waals surface area contributed by atoms with Crippen LogP contribution in [0.4, 0.5) is 0 Å². The average Bonchev–Trinajstić information content (AvgIpc) is 3.57. The SMILES string of the molecule is CC[C@@H](C)[C@@H](NC(=O)[C@@H](CCC(N)=O)NC(=O)[C@H](CO)NC(=O)[C@@H](NC(=O)[C@@H](Cc1ccccc1)NC)[C@@H](C)CC)C(=O)N[C@H](C(=O)N[C@@H](CO)C(=O)N[C@H]1C(=O)N[C@@H](C)C(=O)N[C@@H](C[C@H]2CN=C(N)N2)C(=O)N[C@@H]([C@@H](C)CC)C(=O)N[C@H]1C)[C@@H](C)CC. The van der Waals surface area contributed by atoms with Crippen LogP contribution in [0.5, 0.6) is 0 Å². The summed E-state index contributed by atoms with van der Waals surface area (Å²) in [4.78, 5) is 170. The van der Waals surface area contributed by atoms with Crippen molar-refractivity contribution in [2.24, 2.45) is 40.1 Å². The Hall–Kier alpha value is -7.99. The third-order valence-electron chi connectivity index (χ3n) is 16.3. The van der Waals surface area contributed by atoms with Crippen molar-refractivity contribution in [3.8, 4) is 0 Å². The average molecular weight is 1240 g/mol. The highest BCUT2D eigenvalue weighted by molar-refractivity contribution is 6.00. The second-order valence-electron chi connectivity index (χ2n) is 22.9. The minimum atomic E-state index is -1.80. The van der Waals surface area contributed by atoms with Gasteiger partial charge in [0.25, 0.3) is 0 Å². The van der Waals surface area contributed by atoms with Crippen LogP contribution in [0.25, 0.3) is 0 Å². The zero-order valence-electron chi connectivity index (χ0n) is 52.4. The smallest absolute Gasteiger partial charge is 0.245 e. The quantitative estimate of drug-likeness (QED) is 0.0322. The molecule has 17 atom stereocenters. The molecular weight excluding hydrogens is 1140 g/mol. The van der Waals surface area contributed by atoms with Gasteiger partial charge in [-0.05, 0) is 69.4 Å². The van der Waals surface area contributed by atoms with Crippen molar-refractivity contribution in [3.05, 3.63) is 35.9 Å². The molecular formula is C58H96N16O14. The Bertz CT molecular complexity index is 2610. The van der Waals surface area contributed by atoms with E-state index in [2.05, 4.69) is 74.1 Å². The van der Waals surface area contributed by atoms with Crippen molar-refractivity contribution in [2.45, 2.75) is 199 Å². The van der Waals surface area contributed by atoms with Crippen LogP contribution >= 0.6 is 0 Å². The minimum Gasteiger partial charge on any atom is -0.394 e. The molecule has 30 heteroatoms. The molecule has 30 nitrogen and oxygen atoms in total. The Morgan fingerprint density at radius 2 is 1.08 bits per heavy atom. The van der Waals surface area contributed by atoms with Crippen LogP contribution in [0.1, 0.15) is 120 Å². The molecule has 1 fully saturated rings. The van der Waals surface area contributed by atoms with Crippen molar-refractivity contribution in [2.75, 3.05) is 26.8 Å². The van der Waals surface area contributed by atoms with Crippen molar-refractivity contribution < 1.29 is 67.7 Å². The third kappa shape index (κ3) is 22.3. The second-order valence-corrected chi connectivity index (χ2v) is 22.9. The first-order valence-corrected chi connectivity index (χ1v) is 30.2. The number of hydrogen-bond acceptors (Lipinski definition) is 18. The fraction of sp³-hybridized carbons (Fsp3) is 0.672. The van der Waals surface area contributed by atoms with E-state index in [1.807, 2.05) is 30.3 Å². The molecule has 0 saturated carbocycles. The van der Waals surface area contributed by atoms with Crippen molar-refractivity contribution in [3.63, 3.8) is 0 Å². The first-order valence-electron chi connectivity index (χ1n) is 30.2. The lowest BCUT2D eigenvalue weighted by Gasteiger charge is -2.32. The van der Waals surface area contributed by atoms with Gasteiger partial charge in [-0.15, -0.1) is 0 Å². The molecule has 2 aliphatic heterocycles. The topological polar surface area (TPSA) is 466 Å². The summed E-state index contributed by atoms with van der Waals surface area (Å²) < 4.78 is 0. The number of aliphatic hydroxyl groups is 2. The molecule has 2 heterocycles. The number of hydrogen-bond donors (Lipinski definition) is 17. The number of nitrogens with zero attached hydrogens (tertiary/aromatic N) is 1. The number of guanidine groups is 1. The molecule has 0 aliphatic carbocycles. The third-order valence-corrected chi connectivity index (χ3v) is 16.3. The summed E-state index contributed by atoms with van der Waals surface area (Å²) in [5, 5.41) is 55.2. The number of primary amides is 1. The van der Waals surface area contributed by atoms with E-state index >= 15 is 0 Å². The number of aliphatic hydroxyl groups excluding tert-OH is 2. The second kappa shape index (κ2) is 36.4. The van der Waals surface area contributed by atoms with Gasteiger partial charge < -0.3 is 90.8 Å². The van der Waals surface area contributed by atoms with Gasteiger partial charge in [0, 0.05) is 6.42 Å². The molecule has 1 saturated heterocycles. The standard InChI is InChI=1S/C58H96N16O14/c1-12-28(5)42-53(84)63-32(9)46(57(88)64-33(10)47(78)67-38(50(81)72-42)24-35-25-62-58(60)65-35)74-52(83)40(27-76)69-55(86)44(30(7)14-3)73-56(87)45(31(8)15-4)70-48(79)36(21-22-41(59)77)66-51(82)39(26-75)68-54(85)43(29(6)13-2)71-49(80)37(61-11)23-34-19-17-16-18-20-34/h16-20,28-33,35-40,42-46,61,75-76H,12-15,21-27H2,1-11H3,(H2,59,77)(H,63,84)(H,64,88)(H,66,82)(H,67,78)(H,68,85)(H,69,86)(H,70,79)(H,71,80)(H,72,81)(H,73,87)(H,74,83)(H3,60,62,65)/t28-,29-,30-,31+,32-,33-,35-,36+,37+,38-,39-,40-,42-,43-,44-,45+,46+/m0/s1. The molecule has 1 aromatic carbocycles. The summed E-state index contributed by atoms with van der Waals surface area (Å²) >= 11 is 0. The van der Waals surface area contributed by atoms with Gasteiger partial charge in [0.1, 0.15) is 60.4 Å². The minimum absolute atomic E-state index is 0.0100. The fourth-order valence-electron chi connectivity index (χ4n) is 9.62. The molecule has 0 unspecified atom stereocenters. The summed E-state index contributed by atoms with van der Waals surface area (Å²) in [6.07, 6.45) is 0.829. The largest absolute Gasteiger partial charge is 0.394 e. The molecule has 0 bridgehead atoms. The molecule has 1 aromatic rings. The maximum absolute atomic E-state index is 14.4. The zero-order chi connectivity index (χ0) is 66.1. The van der Waals surface area contributed by atoms with Crippen LogP contribution in [-0.4, -0.2) is 192 Å². The summed E-state index contributed by atoms with van der Waals surface area (Å²) in [6.45, 7) is 14.6. The monoisotopic (exact) mass is 1240 g/mol. The number of nitrogens with one attached hydrogen (secondary N) is 13. The Morgan fingerprint density at radius 3 is 1.56 bits per heavy atom. The maximum Gasteiger partial charge on any atom is 0.245 e. The lowest BCUT2D eigenvalue weighted by Crippen LogP contribution is -2.64. The normalized spacial score (nSPS) is 22.7. The van der Waals surface area contributed by atoms with Gasteiger partial charge in [0.05, 0.1) is 37.9 Å². The van der Waals surface area contributed by atoms with Crippen LogP contribution in [0.3, 0.4) is 0 Å². The van der Waals surface area contributed by atoms with Gasteiger partial charge in [-0.3, -0.25) is 62.5 Å². The maximum atomic E-state index is 14.4. The van der Waals surface area contributed by atoms with Crippen LogP contribution in [0.15, 0.2) is 35.3 Å². The number of likely N-dealkylation sites (N-methyl/N-ethyl adjacent to an activating group) is 1. The zero-order valence-corrected chi connectivity index (χ0v) is 52.4. The van der Waals surface area contributed by atoms with Gasteiger partial charge in [0.2, 0.25) is 70.9 Å². The van der Waals surface area contributed by atoms with Gasteiger partial charge in [-0.2, -0.15) is 0 Å². The van der Waals surface area contributed by atoms with E-state index in [1.54, 1.807) is 62.4 Å². The summed E-state index contributed by atoms with van der Waals surface area (Å²) in [5.41, 5.74) is 12.1. The van der Waals surface area contributed by atoms with Gasteiger partial charge in [-0.1, -0.05) is 111 Å². The highest BCUT2D eigenvalue weighted by Gasteiger charge is 2.41. The van der Waals surface area contributed by atoms with E-state index in [0.29, 0.717) is 19.3 Å². The summed E-state index contributed by atoms with van der Waals surface area (Å²) in [5.74, 6) is -12.5. The van der Waals surface area contributed by atoms with Crippen molar-refractivity contribution >= 4 is 76.8 Å². The highest BCUT2D eigenvalue weighted by atomic mass is 16.3. The summed E-state index contributed by atoms with van der Waals surface area (Å²) in [6, 6.07) is -7.74. The fourth-order valence-corrected chi connectivity index (χ4v) is 9.62. The lowest BCUT2D eigenvalue weighted by molar-refractivity contribution is -0.138. The number of carbonyl (C=O) groups excluding carboxylic acids is 12. The van der Waals surface area contributed by atoms with Crippen LogP contribution < -0.4 is 80.6 Å². The number of nitrogens with two attached hydrogens (primary N) is 2. The molecule has 88 heavy (non-hydrogen) atoms. The lowest BCUT2D eigenvalue weighted by atomic mass is 9.94. The Labute approximate surface area is 514 Å². The Balaban J connectivity index is 1.85. The van der Waals surface area contributed by atoms with E-state index in [9.17, 15) is 67.7 Å². The molecule has 3 rings (SSSR count). The predicted octanol–water partition coefficient (Wildman–Crippen LogP) is -4.69. The van der Waals surface area contributed by atoms with E-state index < -0.39 is 199 Å². The number of rotatable bonds is 32. The summed E-state index contributed by atoms with van der Waals surface area (Å²) in [7, 11) is 1.60. The van der Waals surface area contributed by atoms with Gasteiger partial charge in [0.15, 0.2) is 5.96 Å². The van der Waals surface area contributed by atoms with E-state index in [4.69, 9.17) is 11.5 Å². The van der Waals surface area contributed by atoms with Gasteiger partial charge in [-0.25, -0.2) is 0 Å². The number of carbonyl (C=O) groups is 12. The number of benzene rings is 1. The van der Waals surface area contributed by atoms with Crippen molar-refractivity contribution in [1.82, 2.24) is 69.1 Å². The van der Waals surface area contributed by atoms with E-state index in [1.165, 1.54) is 13.8 Å². The van der Waals surface area contributed by atoms with Gasteiger partial charge >= 0.3 is 0 Å². The predicted molar refractivity (Wildman–Crippen MR) is 324 cm³/mol. The number of amides is 12. The molecule has 492 valence electrons. The van der Waals surface area contributed by atoms with E-state index in [-0.39, 0.29) is 31.8 Å². The van der Waals surface area contributed by atoms with Crippen LogP contribution in [0, 0.1) is 23.7 Å². The molecule has 2 aliphatic rings. The molecule has 0 spiro atoms. The Morgan fingerprint density at radius 1 is 0.591 bits per heavy atom. The van der Waals surface area contributed by atoms with E-state index in [0.717, 1.165) is 5.56 Å². The highest BCUT2D eigenvalue weighted by Crippen LogP contribution is 2.17. The first-order chi connectivity index (χ1) is 41.6. The first kappa shape index (κ1) is 74.3. The molecule has 12 amide bonds. The molecule has 0 aromatic heterocycles. The molecule has 19 N–H and O–H groups in total. The van der Waals surface area contributed by atoms with Crippen molar-refractivity contribution in [1.29, 1.82) is 0 Å². The number of aliphatic imine (C=N–C) groups is 1. The Kier molecular flexibility index (Phi) is 30.7. The van der Waals surface area contributed by atoms with Crippen LogP contribution in [-0.2, 0) is 64.0 Å². The van der Waals surface area contributed by atoms with Crippen LogP contribution in [0.2, 0.25) is 0 Å². The molecule has 0 radical (unpaired) electrons.